The van der Waals surface area contributed by atoms with Crippen LogP contribution < -0.4 is 20.9 Å². The number of amides is 1. The highest BCUT2D eigenvalue weighted by atomic mass is 127. The van der Waals surface area contributed by atoms with Gasteiger partial charge in [-0.25, -0.2) is 4.79 Å². The third kappa shape index (κ3) is 8.52. The van der Waals surface area contributed by atoms with Gasteiger partial charge in [0, 0.05) is 44.5 Å². The van der Waals surface area contributed by atoms with Gasteiger partial charge < -0.3 is 25.6 Å². The summed E-state index contributed by atoms with van der Waals surface area (Å²) in [6.07, 6.45) is 7.91. The average molecular weight is 556 g/mol. The van der Waals surface area contributed by atoms with Crippen LogP contribution in [0.25, 0.3) is 0 Å². The Kier molecular flexibility index (Phi) is 10.1. The van der Waals surface area contributed by atoms with Gasteiger partial charge in [0.15, 0.2) is 5.96 Å². The van der Waals surface area contributed by atoms with E-state index in [0.29, 0.717) is 6.04 Å². The fourth-order valence-electron chi connectivity index (χ4n) is 3.98. The Morgan fingerprint density at radius 3 is 2.31 bits per heavy atom. The summed E-state index contributed by atoms with van der Waals surface area (Å²) in [5, 5.41) is 9.96. The van der Waals surface area contributed by atoms with E-state index < -0.39 is 5.60 Å². The van der Waals surface area contributed by atoms with Crippen molar-refractivity contribution in [2.45, 2.75) is 70.7 Å². The molecule has 3 N–H and O–H groups in total. The van der Waals surface area contributed by atoms with Crippen molar-refractivity contribution in [3.8, 4) is 0 Å². The summed E-state index contributed by atoms with van der Waals surface area (Å²) in [4.78, 5) is 18.7. The molecule has 178 valence electrons. The number of guanidine groups is 1. The molecule has 0 saturated heterocycles. The van der Waals surface area contributed by atoms with E-state index in [0.717, 1.165) is 51.3 Å². The minimum absolute atomic E-state index is 0. The van der Waals surface area contributed by atoms with Crippen molar-refractivity contribution >= 4 is 41.7 Å². The smallest absolute Gasteiger partial charge is 0.407 e. The van der Waals surface area contributed by atoms with Crippen molar-refractivity contribution in [1.82, 2.24) is 16.0 Å². The molecule has 7 nitrogen and oxygen atoms in total. The van der Waals surface area contributed by atoms with Crippen LogP contribution in [-0.4, -0.2) is 49.9 Å². The van der Waals surface area contributed by atoms with Gasteiger partial charge >= 0.3 is 6.09 Å². The van der Waals surface area contributed by atoms with Crippen LogP contribution in [0.4, 0.5) is 10.5 Å². The number of aliphatic imine (C=N–C) groups is 1. The number of hydrogen-bond donors (Lipinski definition) is 3. The van der Waals surface area contributed by atoms with Gasteiger partial charge in [-0.15, -0.1) is 24.0 Å². The number of ether oxygens (including phenoxy) is 1. The highest BCUT2D eigenvalue weighted by Crippen LogP contribution is 2.20. The molecule has 0 unspecified atom stereocenters. The first-order valence-electron chi connectivity index (χ1n) is 11.3. The number of rotatable bonds is 5. The molecule has 1 aromatic carbocycles. The Bertz CT molecular complexity index is 790. The number of anilines is 1. The second kappa shape index (κ2) is 12.3. The molecular weight excluding hydrogens is 517 g/mol. The predicted molar refractivity (Wildman–Crippen MR) is 142 cm³/mol. The lowest BCUT2D eigenvalue weighted by molar-refractivity contribution is 0.0490. The molecule has 1 saturated carbocycles. The molecule has 0 aromatic heterocycles. The fourth-order valence-corrected chi connectivity index (χ4v) is 3.98. The lowest BCUT2D eigenvalue weighted by Gasteiger charge is -2.31. The average Bonchev–Trinajstić information content (AvgIpc) is 3.26. The molecule has 0 radical (unpaired) electrons. The van der Waals surface area contributed by atoms with Crippen LogP contribution in [0.1, 0.15) is 52.0 Å². The molecule has 1 fully saturated rings. The minimum atomic E-state index is -0.466. The van der Waals surface area contributed by atoms with Gasteiger partial charge in [-0.3, -0.25) is 4.99 Å². The van der Waals surface area contributed by atoms with Crippen LogP contribution in [0.5, 0.6) is 0 Å². The molecule has 0 bridgehead atoms. The van der Waals surface area contributed by atoms with Gasteiger partial charge in [0.05, 0.1) is 0 Å². The molecule has 0 atom stereocenters. The van der Waals surface area contributed by atoms with Crippen LogP contribution in [0.15, 0.2) is 41.4 Å². The summed E-state index contributed by atoms with van der Waals surface area (Å²) in [5.41, 5.74) is 2.02. The van der Waals surface area contributed by atoms with E-state index >= 15 is 0 Å². The quantitative estimate of drug-likeness (QED) is 0.220. The second-order valence-corrected chi connectivity index (χ2v) is 9.31. The summed E-state index contributed by atoms with van der Waals surface area (Å²) in [7, 11) is 1.80. The molecule has 1 aliphatic carbocycles. The lowest BCUT2D eigenvalue weighted by atomic mass is 9.91. The van der Waals surface area contributed by atoms with E-state index in [2.05, 4.69) is 62.3 Å². The van der Waals surface area contributed by atoms with Crippen molar-refractivity contribution in [2.75, 3.05) is 25.0 Å². The maximum atomic E-state index is 12.0. The first-order chi connectivity index (χ1) is 14.8. The predicted octanol–water partition coefficient (Wildman–Crippen LogP) is 4.18. The highest BCUT2D eigenvalue weighted by molar-refractivity contribution is 14.0. The topological polar surface area (TPSA) is 78.0 Å². The van der Waals surface area contributed by atoms with Crippen molar-refractivity contribution in [2.24, 2.45) is 4.99 Å². The summed E-state index contributed by atoms with van der Waals surface area (Å²) in [5.74, 6) is 0.816. The van der Waals surface area contributed by atoms with Gasteiger partial charge in [0.2, 0.25) is 0 Å². The van der Waals surface area contributed by atoms with Gasteiger partial charge in [-0.1, -0.05) is 24.3 Å². The van der Waals surface area contributed by atoms with E-state index in [-0.39, 0.29) is 36.1 Å². The monoisotopic (exact) mass is 555 g/mol. The van der Waals surface area contributed by atoms with Gasteiger partial charge in [0.25, 0.3) is 0 Å². The summed E-state index contributed by atoms with van der Waals surface area (Å²) in [6.45, 7) is 8.32. The third-order valence-corrected chi connectivity index (χ3v) is 5.57. The number of carbonyl (C=O) groups is 1. The van der Waals surface area contributed by atoms with E-state index in [1.165, 1.54) is 11.3 Å². The Labute approximate surface area is 209 Å². The molecule has 1 aromatic rings. The molecule has 1 aliphatic heterocycles. The Hall–Kier alpha value is -1.97. The fraction of sp³-hybridized carbons (Fsp3) is 0.583. The van der Waals surface area contributed by atoms with Gasteiger partial charge in [-0.2, -0.15) is 0 Å². The SMILES string of the molecule is CN=C(NCc1cccc(N2CC=CC2)c1)NC1CCC(NC(=O)OC(C)(C)C)CC1.I. The zero-order chi connectivity index (χ0) is 22.3. The van der Waals surface area contributed by atoms with E-state index in [9.17, 15) is 4.79 Å². The second-order valence-electron chi connectivity index (χ2n) is 9.31. The number of carbonyl (C=O) groups excluding carboxylic acids is 1. The molecule has 32 heavy (non-hydrogen) atoms. The zero-order valence-corrected chi connectivity index (χ0v) is 22.0. The Morgan fingerprint density at radius 2 is 1.72 bits per heavy atom. The first-order valence-corrected chi connectivity index (χ1v) is 11.3. The van der Waals surface area contributed by atoms with Crippen molar-refractivity contribution in [1.29, 1.82) is 0 Å². The van der Waals surface area contributed by atoms with E-state index in [1.807, 2.05) is 20.8 Å². The van der Waals surface area contributed by atoms with Crippen LogP contribution in [0.3, 0.4) is 0 Å². The zero-order valence-electron chi connectivity index (χ0n) is 19.7. The standard InChI is InChI=1S/C24H37N5O2.HI/c1-24(2,3)31-23(30)28-20-12-10-19(11-13-20)27-22(25-4)26-17-18-8-7-9-21(16-18)29-14-5-6-15-29;/h5-9,16,19-20H,10-15,17H2,1-4H3,(H,28,30)(H2,25,26,27);1H. The van der Waals surface area contributed by atoms with Crippen LogP contribution in [-0.2, 0) is 11.3 Å². The van der Waals surface area contributed by atoms with Gasteiger partial charge in [0.1, 0.15) is 5.60 Å². The van der Waals surface area contributed by atoms with Crippen molar-refractivity contribution < 1.29 is 9.53 Å². The molecule has 0 spiro atoms. The van der Waals surface area contributed by atoms with E-state index in [1.54, 1.807) is 7.05 Å². The third-order valence-electron chi connectivity index (χ3n) is 5.57. The van der Waals surface area contributed by atoms with Gasteiger partial charge in [-0.05, 0) is 64.2 Å². The number of nitrogens with one attached hydrogen (secondary N) is 3. The number of nitrogens with zero attached hydrogens (tertiary/aromatic N) is 2. The molecular formula is C24H38IN5O2. The maximum absolute atomic E-state index is 12.0. The number of hydrogen-bond acceptors (Lipinski definition) is 4. The molecule has 3 rings (SSSR count). The van der Waals surface area contributed by atoms with Crippen molar-refractivity contribution in [3.05, 3.63) is 42.0 Å². The Morgan fingerprint density at radius 1 is 1.09 bits per heavy atom. The summed E-state index contributed by atoms with van der Waals surface area (Å²) >= 11 is 0. The van der Waals surface area contributed by atoms with Crippen molar-refractivity contribution in [3.63, 3.8) is 0 Å². The maximum Gasteiger partial charge on any atom is 0.407 e. The molecule has 1 heterocycles. The molecule has 2 aliphatic rings. The largest absolute Gasteiger partial charge is 0.444 e. The number of halogens is 1. The Balaban J connectivity index is 0.00000363. The van der Waals surface area contributed by atoms with Crippen LogP contribution in [0, 0.1) is 0 Å². The minimum Gasteiger partial charge on any atom is -0.444 e. The van der Waals surface area contributed by atoms with Crippen LogP contribution in [0.2, 0.25) is 0 Å². The lowest BCUT2D eigenvalue weighted by Crippen LogP contribution is -2.47. The van der Waals surface area contributed by atoms with Crippen LogP contribution >= 0.6 is 24.0 Å². The first kappa shape index (κ1) is 26.3. The highest BCUT2D eigenvalue weighted by Gasteiger charge is 2.25. The van der Waals surface area contributed by atoms with E-state index in [4.69, 9.17) is 4.74 Å². The summed E-state index contributed by atoms with van der Waals surface area (Å²) in [6, 6.07) is 9.17. The number of alkyl carbamates (subject to hydrolysis) is 1. The molecule has 1 amide bonds. The summed E-state index contributed by atoms with van der Waals surface area (Å²) < 4.78 is 5.36. The normalized spacial score (nSPS) is 21.0. The number of benzene rings is 1. The molecule has 8 heteroatoms.